The third kappa shape index (κ3) is 2.76. The molecule has 2 heteroatoms. The minimum atomic E-state index is 0.336. The van der Waals surface area contributed by atoms with Crippen LogP contribution >= 0.6 is 15.8 Å². The van der Waals surface area contributed by atoms with Crippen molar-refractivity contribution in [3.63, 3.8) is 0 Å². The molecule has 0 unspecified atom stereocenters. The highest BCUT2D eigenvalue weighted by atomic mass is 31.2. The van der Waals surface area contributed by atoms with E-state index in [1.807, 2.05) is 0 Å². The molecule has 0 nitrogen and oxygen atoms in total. The Morgan fingerprint density at radius 3 is 1.33 bits per heavy atom. The number of rotatable bonds is 6. The normalized spacial score (nSPS) is 20.4. The van der Waals surface area contributed by atoms with Gasteiger partial charge < -0.3 is 0 Å². The molecule has 0 heterocycles. The highest BCUT2D eigenvalue weighted by Gasteiger charge is 2.43. The molecule has 1 aliphatic rings. The van der Waals surface area contributed by atoms with Crippen molar-refractivity contribution in [3.8, 4) is 0 Å². The summed E-state index contributed by atoms with van der Waals surface area (Å²) in [6.45, 7) is 9.75. The van der Waals surface area contributed by atoms with E-state index in [4.69, 9.17) is 0 Å². The van der Waals surface area contributed by atoms with E-state index < -0.39 is 0 Å². The van der Waals surface area contributed by atoms with Gasteiger partial charge in [0.1, 0.15) is 0 Å². The summed E-state index contributed by atoms with van der Waals surface area (Å²) in [7, 11) is 0.672. The molecule has 0 aliphatic heterocycles. The molecule has 1 rings (SSSR count). The summed E-state index contributed by atoms with van der Waals surface area (Å²) in [5.74, 6) is 0. The van der Waals surface area contributed by atoms with Crippen LogP contribution in [0.5, 0.6) is 0 Å². The predicted molar refractivity (Wildman–Crippen MR) is 77.2 cm³/mol. The van der Waals surface area contributed by atoms with Crippen molar-refractivity contribution in [1.82, 2.24) is 0 Å². The molecular weight excluding hydrogens is 218 g/mol. The largest absolute Gasteiger partial charge is 0.0964 e. The first-order valence-electron chi connectivity index (χ1n) is 6.75. The van der Waals surface area contributed by atoms with Crippen LogP contribution in [0, 0.1) is 0 Å². The average Bonchev–Trinajstić information content (AvgIpc) is 2.72. The summed E-state index contributed by atoms with van der Waals surface area (Å²) in [6, 6.07) is 0. The van der Waals surface area contributed by atoms with Crippen molar-refractivity contribution in [2.75, 3.05) is 24.6 Å². The molecule has 0 aromatic heterocycles. The van der Waals surface area contributed by atoms with Crippen LogP contribution in [0.2, 0.25) is 0 Å². The van der Waals surface area contributed by atoms with Gasteiger partial charge in [0.05, 0.1) is 0 Å². The lowest BCUT2D eigenvalue weighted by molar-refractivity contribution is 0.801. The second kappa shape index (κ2) is 6.56. The fraction of sp³-hybridized carbons (Fsp3) is 1.00. The van der Waals surface area contributed by atoms with E-state index in [0.29, 0.717) is 15.8 Å². The van der Waals surface area contributed by atoms with Crippen molar-refractivity contribution in [2.45, 2.75) is 58.3 Å². The first-order chi connectivity index (χ1) is 7.25. The molecule has 1 fully saturated rings. The summed E-state index contributed by atoms with van der Waals surface area (Å²) in [4.78, 5) is 0.859. The lowest BCUT2D eigenvalue weighted by atomic mass is 10.3. The molecular formula is C13H28P2. The van der Waals surface area contributed by atoms with Gasteiger partial charge in [0.2, 0.25) is 0 Å². The summed E-state index contributed by atoms with van der Waals surface area (Å²) in [5.41, 5.74) is 0. The van der Waals surface area contributed by atoms with Crippen LogP contribution in [-0.2, 0) is 0 Å². The Bertz CT molecular complexity index is 151. The average molecular weight is 246 g/mol. The van der Waals surface area contributed by atoms with E-state index in [-0.39, 0.29) is 0 Å². The SMILES string of the molecule is CCP(CC)C1(P(CC)CC)CCCC1. The zero-order chi connectivity index (χ0) is 11.3. The summed E-state index contributed by atoms with van der Waals surface area (Å²) < 4.78 is 0. The molecule has 0 saturated heterocycles. The van der Waals surface area contributed by atoms with Gasteiger partial charge in [-0.3, -0.25) is 0 Å². The van der Waals surface area contributed by atoms with E-state index in [9.17, 15) is 0 Å². The molecule has 0 aromatic rings. The monoisotopic (exact) mass is 246 g/mol. The molecule has 15 heavy (non-hydrogen) atoms. The Labute approximate surface area is 99.1 Å². The minimum Gasteiger partial charge on any atom is -0.0964 e. The second-order valence-corrected chi connectivity index (χ2v) is 11.3. The Kier molecular flexibility index (Phi) is 6.09. The van der Waals surface area contributed by atoms with Gasteiger partial charge in [-0.15, -0.1) is 0 Å². The quantitative estimate of drug-likeness (QED) is 0.558. The molecule has 1 aliphatic carbocycles. The first-order valence-corrected chi connectivity index (χ1v) is 10.2. The van der Waals surface area contributed by atoms with Crippen LogP contribution in [0.3, 0.4) is 0 Å². The molecule has 0 bridgehead atoms. The third-order valence-electron chi connectivity index (χ3n) is 4.11. The van der Waals surface area contributed by atoms with Crippen LogP contribution in [0.15, 0.2) is 0 Å². The highest BCUT2D eigenvalue weighted by molar-refractivity contribution is 7.77. The standard InChI is InChI=1S/C13H28P2/c1-5-14(6-2)13(11-9-10-12-13)15(7-3)8-4/h5-12H2,1-4H3. The van der Waals surface area contributed by atoms with Gasteiger partial charge in [0.15, 0.2) is 0 Å². The lowest BCUT2D eigenvalue weighted by Gasteiger charge is -2.44. The number of hydrogen-bond donors (Lipinski definition) is 0. The molecule has 0 spiro atoms. The van der Waals surface area contributed by atoms with Crippen molar-refractivity contribution in [3.05, 3.63) is 0 Å². The van der Waals surface area contributed by atoms with Gasteiger partial charge in [-0.2, -0.15) is 0 Å². The molecule has 0 aromatic carbocycles. The van der Waals surface area contributed by atoms with Gasteiger partial charge in [-0.25, -0.2) is 0 Å². The summed E-state index contributed by atoms with van der Waals surface area (Å²) in [5, 5.41) is 0. The Balaban J connectivity index is 2.85. The Hall–Kier alpha value is 0.860. The van der Waals surface area contributed by atoms with E-state index in [1.54, 1.807) is 12.8 Å². The zero-order valence-electron chi connectivity index (χ0n) is 11.1. The van der Waals surface area contributed by atoms with Crippen LogP contribution in [0.25, 0.3) is 0 Å². The maximum Gasteiger partial charge on any atom is 0.0106 e. The van der Waals surface area contributed by atoms with Crippen molar-refractivity contribution in [1.29, 1.82) is 0 Å². The first kappa shape index (κ1) is 13.9. The highest BCUT2D eigenvalue weighted by Crippen LogP contribution is 2.72. The maximum atomic E-state index is 2.44. The van der Waals surface area contributed by atoms with Gasteiger partial charge in [-0.1, -0.05) is 56.4 Å². The minimum absolute atomic E-state index is 0.336. The lowest BCUT2D eigenvalue weighted by Crippen LogP contribution is -2.24. The van der Waals surface area contributed by atoms with E-state index >= 15 is 0 Å². The zero-order valence-corrected chi connectivity index (χ0v) is 12.8. The molecule has 0 amide bonds. The van der Waals surface area contributed by atoms with Crippen molar-refractivity contribution < 1.29 is 0 Å². The van der Waals surface area contributed by atoms with Gasteiger partial charge in [-0.05, 0) is 37.5 Å². The molecule has 0 N–H and O–H groups in total. The third-order valence-corrected chi connectivity index (χ3v) is 12.1. The van der Waals surface area contributed by atoms with Crippen molar-refractivity contribution >= 4 is 15.8 Å². The second-order valence-electron chi connectivity index (χ2n) is 4.53. The van der Waals surface area contributed by atoms with Gasteiger partial charge in [0, 0.05) is 4.90 Å². The van der Waals surface area contributed by atoms with Crippen LogP contribution < -0.4 is 0 Å². The molecule has 0 atom stereocenters. The van der Waals surface area contributed by atoms with Gasteiger partial charge >= 0.3 is 0 Å². The van der Waals surface area contributed by atoms with Crippen LogP contribution in [0.4, 0.5) is 0 Å². The fourth-order valence-electron chi connectivity index (χ4n) is 3.40. The molecule has 1 saturated carbocycles. The Morgan fingerprint density at radius 1 is 0.733 bits per heavy atom. The Morgan fingerprint density at radius 2 is 1.07 bits per heavy atom. The number of hydrogen-bond acceptors (Lipinski definition) is 0. The summed E-state index contributed by atoms with van der Waals surface area (Å²) in [6.07, 6.45) is 12.1. The van der Waals surface area contributed by atoms with Crippen LogP contribution in [0.1, 0.15) is 53.4 Å². The van der Waals surface area contributed by atoms with Gasteiger partial charge in [0.25, 0.3) is 0 Å². The van der Waals surface area contributed by atoms with E-state index in [0.717, 1.165) is 4.90 Å². The predicted octanol–water partition coefficient (Wildman–Crippen LogP) is 5.30. The molecule has 0 radical (unpaired) electrons. The van der Waals surface area contributed by atoms with Crippen LogP contribution in [-0.4, -0.2) is 29.5 Å². The fourth-order valence-corrected chi connectivity index (χ4v) is 11.8. The molecule has 90 valence electrons. The van der Waals surface area contributed by atoms with Crippen molar-refractivity contribution in [2.24, 2.45) is 0 Å². The van der Waals surface area contributed by atoms with E-state index in [1.165, 1.54) is 37.5 Å². The maximum absolute atomic E-state index is 2.44. The topological polar surface area (TPSA) is 0 Å². The van der Waals surface area contributed by atoms with E-state index in [2.05, 4.69) is 27.7 Å². The smallest absolute Gasteiger partial charge is 0.0106 e. The summed E-state index contributed by atoms with van der Waals surface area (Å²) >= 11 is 0.